The standard InChI is InChI=1S/C16H17FN2O/c1-11-4-3-5-12(8-11)10-19(2)16(20)14-7-6-13(17)9-15(14)18/h3-9H,10,18H2,1-2H3. The minimum Gasteiger partial charge on any atom is -0.398 e. The Morgan fingerprint density at radius 3 is 2.65 bits per heavy atom. The first-order valence-corrected chi connectivity index (χ1v) is 6.33. The van der Waals surface area contributed by atoms with Gasteiger partial charge in [-0.15, -0.1) is 0 Å². The molecule has 0 unspecified atom stereocenters. The number of rotatable bonds is 3. The van der Waals surface area contributed by atoms with Crippen molar-refractivity contribution in [1.82, 2.24) is 4.90 Å². The summed E-state index contributed by atoms with van der Waals surface area (Å²) in [6.07, 6.45) is 0. The van der Waals surface area contributed by atoms with Crippen molar-refractivity contribution < 1.29 is 9.18 Å². The number of nitrogen functional groups attached to an aromatic ring is 1. The number of carbonyl (C=O) groups is 1. The van der Waals surface area contributed by atoms with Crippen molar-refractivity contribution in [3.63, 3.8) is 0 Å². The van der Waals surface area contributed by atoms with Gasteiger partial charge in [0, 0.05) is 19.3 Å². The number of halogens is 1. The molecule has 0 aliphatic rings. The van der Waals surface area contributed by atoms with Crippen molar-refractivity contribution in [2.75, 3.05) is 12.8 Å². The molecular formula is C16H17FN2O. The van der Waals surface area contributed by atoms with Gasteiger partial charge in [-0.2, -0.15) is 0 Å². The fourth-order valence-corrected chi connectivity index (χ4v) is 2.09. The summed E-state index contributed by atoms with van der Waals surface area (Å²) in [7, 11) is 1.70. The first kappa shape index (κ1) is 14.1. The summed E-state index contributed by atoms with van der Waals surface area (Å²) in [6.45, 7) is 2.49. The van der Waals surface area contributed by atoms with Crippen LogP contribution in [-0.4, -0.2) is 17.9 Å². The second kappa shape index (κ2) is 5.74. The Morgan fingerprint density at radius 1 is 1.25 bits per heavy atom. The zero-order valence-corrected chi connectivity index (χ0v) is 11.6. The minimum atomic E-state index is -0.444. The summed E-state index contributed by atoms with van der Waals surface area (Å²) in [4.78, 5) is 13.9. The third kappa shape index (κ3) is 3.15. The second-order valence-corrected chi connectivity index (χ2v) is 4.88. The van der Waals surface area contributed by atoms with Crippen LogP contribution >= 0.6 is 0 Å². The maximum atomic E-state index is 13.0. The summed E-state index contributed by atoms with van der Waals surface area (Å²) < 4.78 is 13.0. The highest BCUT2D eigenvalue weighted by molar-refractivity contribution is 5.98. The lowest BCUT2D eigenvalue weighted by Crippen LogP contribution is -2.27. The number of nitrogens with zero attached hydrogens (tertiary/aromatic N) is 1. The SMILES string of the molecule is Cc1cccc(CN(C)C(=O)c2ccc(F)cc2N)c1. The number of anilines is 1. The average Bonchev–Trinajstić information content (AvgIpc) is 2.38. The lowest BCUT2D eigenvalue weighted by Gasteiger charge is -2.18. The lowest BCUT2D eigenvalue weighted by atomic mass is 10.1. The van der Waals surface area contributed by atoms with E-state index in [1.54, 1.807) is 11.9 Å². The van der Waals surface area contributed by atoms with Gasteiger partial charge in [0.25, 0.3) is 5.91 Å². The zero-order valence-electron chi connectivity index (χ0n) is 11.6. The Morgan fingerprint density at radius 2 is 2.00 bits per heavy atom. The number of hydrogen-bond donors (Lipinski definition) is 1. The Balaban J connectivity index is 2.16. The maximum Gasteiger partial charge on any atom is 0.255 e. The van der Waals surface area contributed by atoms with Gasteiger partial charge in [0.05, 0.1) is 5.56 Å². The number of aryl methyl sites for hydroxylation is 1. The minimum absolute atomic E-state index is 0.158. The van der Waals surface area contributed by atoms with Gasteiger partial charge >= 0.3 is 0 Å². The summed E-state index contributed by atoms with van der Waals surface area (Å²) in [5.74, 6) is -0.663. The van der Waals surface area contributed by atoms with E-state index in [1.807, 2.05) is 31.2 Å². The number of carbonyl (C=O) groups excluding carboxylic acids is 1. The molecule has 3 nitrogen and oxygen atoms in total. The molecule has 0 saturated heterocycles. The van der Waals surface area contributed by atoms with Crippen LogP contribution in [0.15, 0.2) is 42.5 Å². The first-order valence-electron chi connectivity index (χ1n) is 6.33. The third-order valence-electron chi connectivity index (χ3n) is 3.09. The van der Waals surface area contributed by atoms with Gasteiger partial charge in [0.15, 0.2) is 0 Å². The molecule has 2 N–H and O–H groups in total. The van der Waals surface area contributed by atoms with Gasteiger partial charge in [-0.05, 0) is 30.7 Å². The molecule has 0 saturated carbocycles. The van der Waals surface area contributed by atoms with Crippen molar-refractivity contribution in [2.45, 2.75) is 13.5 Å². The predicted octanol–water partition coefficient (Wildman–Crippen LogP) is 2.99. The summed E-state index contributed by atoms with van der Waals surface area (Å²) in [5.41, 5.74) is 8.36. The Hall–Kier alpha value is -2.36. The van der Waals surface area contributed by atoms with E-state index >= 15 is 0 Å². The molecule has 2 aromatic carbocycles. The van der Waals surface area contributed by atoms with E-state index in [-0.39, 0.29) is 11.6 Å². The van der Waals surface area contributed by atoms with Crippen LogP contribution < -0.4 is 5.73 Å². The molecule has 2 rings (SSSR count). The van der Waals surface area contributed by atoms with Crippen molar-refractivity contribution in [3.8, 4) is 0 Å². The molecule has 0 fully saturated rings. The smallest absolute Gasteiger partial charge is 0.255 e. The third-order valence-corrected chi connectivity index (χ3v) is 3.09. The molecule has 0 aliphatic carbocycles. The highest BCUT2D eigenvalue weighted by Gasteiger charge is 2.15. The average molecular weight is 272 g/mol. The Bertz CT molecular complexity index is 640. The van der Waals surface area contributed by atoms with Crippen LogP contribution in [0, 0.1) is 12.7 Å². The molecular weight excluding hydrogens is 255 g/mol. The highest BCUT2D eigenvalue weighted by Crippen LogP contribution is 2.16. The van der Waals surface area contributed by atoms with Gasteiger partial charge < -0.3 is 10.6 Å². The molecule has 0 radical (unpaired) electrons. The normalized spacial score (nSPS) is 10.3. The van der Waals surface area contributed by atoms with Crippen molar-refractivity contribution in [2.24, 2.45) is 0 Å². The quantitative estimate of drug-likeness (QED) is 0.873. The molecule has 20 heavy (non-hydrogen) atoms. The lowest BCUT2D eigenvalue weighted by molar-refractivity contribution is 0.0786. The van der Waals surface area contributed by atoms with E-state index in [2.05, 4.69) is 0 Å². The largest absolute Gasteiger partial charge is 0.398 e. The monoisotopic (exact) mass is 272 g/mol. The molecule has 1 amide bonds. The molecule has 0 spiro atoms. The summed E-state index contributed by atoms with van der Waals surface area (Å²) >= 11 is 0. The van der Waals surface area contributed by atoms with Crippen LogP contribution in [0.1, 0.15) is 21.5 Å². The number of amides is 1. The predicted molar refractivity (Wildman–Crippen MR) is 77.8 cm³/mol. The van der Waals surface area contributed by atoms with Gasteiger partial charge in [0.1, 0.15) is 5.82 Å². The molecule has 0 aliphatic heterocycles. The van der Waals surface area contributed by atoms with Gasteiger partial charge in [0.2, 0.25) is 0 Å². The Labute approximate surface area is 117 Å². The van der Waals surface area contributed by atoms with Crippen LogP contribution in [0.2, 0.25) is 0 Å². The van der Waals surface area contributed by atoms with Crippen LogP contribution in [0.25, 0.3) is 0 Å². The number of hydrogen-bond acceptors (Lipinski definition) is 2. The van der Waals surface area contributed by atoms with Crippen LogP contribution in [0.5, 0.6) is 0 Å². The van der Waals surface area contributed by atoms with Crippen molar-refractivity contribution >= 4 is 11.6 Å². The van der Waals surface area contributed by atoms with Crippen molar-refractivity contribution in [1.29, 1.82) is 0 Å². The van der Waals surface area contributed by atoms with E-state index in [9.17, 15) is 9.18 Å². The van der Waals surface area contributed by atoms with E-state index in [0.29, 0.717) is 12.1 Å². The van der Waals surface area contributed by atoms with E-state index in [4.69, 9.17) is 5.73 Å². The molecule has 0 bridgehead atoms. The fourth-order valence-electron chi connectivity index (χ4n) is 2.09. The molecule has 0 atom stereocenters. The second-order valence-electron chi connectivity index (χ2n) is 4.88. The van der Waals surface area contributed by atoms with Crippen molar-refractivity contribution in [3.05, 3.63) is 65.0 Å². The van der Waals surface area contributed by atoms with E-state index in [0.717, 1.165) is 17.2 Å². The summed E-state index contributed by atoms with van der Waals surface area (Å²) in [5, 5.41) is 0. The highest BCUT2D eigenvalue weighted by atomic mass is 19.1. The molecule has 0 aromatic heterocycles. The zero-order chi connectivity index (χ0) is 14.7. The molecule has 0 heterocycles. The fraction of sp³-hybridized carbons (Fsp3) is 0.188. The molecule has 2 aromatic rings. The van der Waals surface area contributed by atoms with Crippen LogP contribution in [0.3, 0.4) is 0 Å². The molecule has 4 heteroatoms. The molecule has 104 valence electrons. The topological polar surface area (TPSA) is 46.3 Å². The number of benzene rings is 2. The van der Waals surface area contributed by atoms with Crippen LogP contribution in [0.4, 0.5) is 10.1 Å². The van der Waals surface area contributed by atoms with E-state index in [1.165, 1.54) is 12.1 Å². The van der Waals surface area contributed by atoms with Gasteiger partial charge in [-0.3, -0.25) is 4.79 Å². The number of nitrogens with two attached hydrogens (primary N) is 1. The first-order chi connectivity index (χ1) is 9.47. The summed E-state index contributed by atoms with van der Waals surface area (Å²) in [6, 6.07) is 11.8. The van der Waals surface area contributed by atoms with Gasteiger partial charge in [-0.1, -0.05) is 29.8 Å². The van der Waals surface area contributed by atoms with E-state index < -0.39 is 5.82 Å². The maximum absolute atomic E-state index is 13.0. The van der Waals surface area contributed by atoms with Crippen LogP contribution in [-0.2, 0) is 6.54 Å². The van der Waals surface area contributed by atoms with Gasteiger partial charge in [-0.25, -0.2) is 4.39 Å². The Kier molecular flexibility index (Phi) is 4.03.